The first kappa shape index (κ1) is 32.7. The zero-order valence-electron chi connectivity index (χ0n) is 27.1. The number of aliphatic imine (C=N–C) groups is 1. The Labute approximate surface area is 297 Å². The van der Waals surface area contributed by atoms with E-state index in [2.05, 4.69) is 40.6 Å². The molecular formula is C37H27F2N9O3S. The molecule has 52 heavy (non-hydrogen) atoms. The van der Waals surface area contributed by atoms with Crippen LogP contribution in [-0.4, -0.2) is 48.8 Å². The van der Waals surface area contributed by atoms with Gasteiger partial charge in [0.25, 0.3) is 0 Å². The molecule has 1 unspecified atom stereocenters. The van der Waals surface area contributed by atoms with Crippen LogP contribution in [0.25, 0.3) is 32.9 Å². The number of H-pyrrole nitrogens is 1. The van der Waals surface area contributed by atoms with Gasteiger partial charge in [-0.2, -0.15) is 14.4 Å². The first-order valence-electron chi connectivity index (χ1n) is 16.1. The molecule has 6 aromatic rings. The molecule has 1 aliphatic heterocycles. The Kier molecular flexibility index (Phi) is 8.36. The number of carbonyl (C=O) groups excluding carboxylic acids is 1. The van der Waals surface area contributed by atoms with Crippen LogP contribution < -0.4 is 20.7 Å². The number of fused-ring (bicyclic) bond motifs is 3. The molecule has 1 fully saturated rings. The van der Waals surface area contributed by atoms with Crippen molar-refractivity contribution in [1.29, 1.82) is 0 Å². The second-order valence-corrected chi connectivity index (χ2v) is 13.2. The Bertz CT molecular complexity index is 2540. The van der Waals surface area contributed by atoms with E-state index in [0.717, 1.165) is 24.2 Å². The van der Waals surface area contributed by atoms with Crippen LogP contribution in [0.5, 0.6) is 6.01 Å². The van der Waals surface area contributed by atoms with E-state index in [0.29, 0.717) is 44.0 Å². The largest absolute Gasteiger partial charge is 0.463 e. The van der Waals surface area contributed by atoms with Gasteiger partial charge in [-0.15, -0.1) is 6.42 Å². The molecule has 8 rings (SSSR count). The number of anilines is 4. The molecule has 4 heterocycles. The normalized spacial score (nSPS) is 14.4. The number of aromatic amines is 1. The van der Waals surface area contributed by atoms with Gasteiger partial charge in [-0.25, -0.2) is 18.0 Å². The molecule has 0 spiro atoms. The Morgan fingerprint density at radius 1 is 1.15 bits per heavy atom. The Balaban J connectivity index is 1.03. The number of ether oxygens (including phenoxy) is 1. The number of terminal acetylenes is 1. The van der Waals surface area contributed by atoms with Crippen molar-refractivity contribution in [2.45, 2.75) is 24.2 Å². The highest BCUT2D eigenvalue weighted by Crippen LogP contribution is 2.54. The zero-order valence-corrected chi connectivity index (χ0v) is 28.0. The van der Waals surface area contributed by atoms with Gasteiger partial charge in [0, 0.05) is 41.1 Å². The van der Waals surface area contributed by atoms with Crippen molar-refractivity contribution < 1.29 is 22.5 Å². The summed E-state index contributed by atoms with van der Waals surface area (Å²) in [5, 5.41) is 4.03. The molecule has 15 heteroatoms. The monoisotopic (exact) mass is 715 g/mol. The number of halogens is 2. The van der Waals surface area contributed by atoms with Crippen LogP contribution >= 0.6 is 0 Å². The summed E-state index contributed by atoms with van der Waals surface area (Å²) in [4.78, 5) is 35.4. The van der Waals surface area contributed by atoms with E-state index in [-0.39, 0.29) is 41.7 Å². The minimum absolute atomic E-state index is 0.00340. The maximum atomic E-state index is 16.6. The molecular weight excluding hydrogens is 689 g/mol. The second kappa shape index (κ2) is 13.3. The van der Waals surface area contributed by atoms with Crippen molar-refractivity contribution in [2.75, 3.05) is 16.8 Å². The first-order chi connectivity index (χ1) is 25.3. The van der Waals surface area contributed by atoms with Crippen molar-refractivity contribution >= 4 is 73.6 Å². The summed E-state index contributed by atoms with van der Waals surface area (Å²) >= 11 is 0. The summed E-state index contributed by atoms with van der Waals surface area (Å²) < 4.78 is 53.7. The van der Waals surface area contributed by atoms with Gasteiger partial charge in [-0.3, -0.25) is 14.7 Å². The summed E-state index contributed by atoms with van der Waals surface area (Å²) in [5.41, 5.74) is 8.05. The van der Waals surface area contributed by atoms with E-state index in [9.17, 15) is 13.4 Å². The number of pyridine rings is 1. The molecule has 0 radical (unpaired) electrons. The number of amides is 1. The fourth-order valence-corrected chi connectivity index (χ4v) is 6.53. The summed E-state index contributed by atoms with van der Waals surface area (Å²) in [6.07, 6.45) is 13.7. The molecule has 1 saturated carbocycles. The van der Waals surface area contributed by atoms with E-state index >= 15 is 4.39 Å². The highest BCUT2D eigenvalue weighted by atomic mass is 32.2. The van der Waals surface area contributed by atoms with Gasteiger partial charge >= 0.3 is 6.01 Å². The number of benzene rings is 3. The predicted octanol–water partition coefficient (Wildman–Crippen LogP) is 6.44. The van der Waals surface area contributed by atoms with E-state index in [4.69, 9.17) is 16.9 Å². The number of hydrogen-bond acceptors (Lipinski definition) is 7. The summed E-state index contributed by atoms with van der Waals surface area (Å²) in [6, 6.07) is 14.2. The number of nitrogens with zero attached hydrogens (tertiary/aromatic N) is 6. The lowest BCUT2D eigenvalue weighted by atomic mass is 9.96. The number of rotatable bonds is 11. The average molecular weight is 716 g/mol. The summed E-state index contributed by atoms with van der Waals surface area (Å²) in [6.45, 7) is -0.145. The number of nitrogens with one attached hydrogen (secondary N) is 2. The number of nitrogens with two attached hydrogens (primary N) is 1. The molecule has 12 nitrogen and oxygen atoms in total. The lowest BCUT2D eigenvalue weighted by molar-refractivity contribution is -0.116. The standard InChI is InChI=1S/C37H27F2N9O3S/c1-2-24-27(38)12-11-20-5-3-8-25(31(20)24)33-32(39)34-26(16-42-33)36(48-28-17-41-18-29(28)48)47-37(46-34)51-14-13-30(49)45-22-6-4-7-23(15-22)52(50)44-19-43-35(40)21-9-10-21/h1,3-8,11-12,15-19,21,41H,9-10,13-14H2,(H,45,49)(H2,40,43,44). The van der Waals surface area contributed by atoms with E-state index in [1.807, 2.05) is 0 Å². The second-order valence-electron chi connectivity index (χ2n) is 12.0. The van der Waals surface area contributed by atoms with Crippen molar-refractivity contribution in [3.63, 3.8) is 0 Å². The third kappa shape index (κ3) is 6.20. The van der Waals surface area contributed by atoms with Crippen LogP contribution in [-0.2, 0) is 15.8 Å². The number of amidine groups is 1. The van der Waals surface area contributed by atoms with Crippen LogP contribution in [0.1, 0.15) is 24.8 Å². The zero-order chi connectivity index (χ0) is 35.9. The Hall–Kier alpha value is -6.53. The molecule has 3 aromatic carbocycles. The third-order valence-electron chi connectivity index (χ3n) is 8.61. The smallest absolute Gasteiger partial charge is 0.319 e. The molecule has 1 aliphatic carbocycles. The lowest BCUT2D eigenvalue weighted by Crippen LogP contribution is -2.16. The molecule has 3 aromatic heterocycles. The quantitative estimate of drug-likeness (QED) is 0.0596. The SMILES string of the molecule is C#Cc1c(F)ccc2cccc(-c3ncc4c(N5c6c[nH]cc65)nc(OCCC(=O)Nc5cccc(S(=O)/N=C/N=C(N)C6CC6)c5)nc4c3F)c12. The molecule has 1 amide bonds. The van der Waals surface area contributed by atoms with E-state index in [1.54, 1.807) is 65.8 Å². The van der Waals surface area contributed by atoms with Crippen LogP contribution in [0.15, 0.2) is 87.5 Å². The molecule has 258 valence electrons. The molecule has 2 aliphatic rings. The summed E-state index contributed by atoms with van der Waals surface area (Å²) in [5.74, 6) is 1.67. The van der Waals surface area contributed by atoms with Crippen LogP contribution in [0.4, 0.5) is 31.7 Å². The first-order valence-corrected chi connectivity index (χ1v) is 17.2. The number of carbonyl (C=O) groups is 1. The van der Waals surface area contributed by atoms with Gasteiger partial charge in [0.05, 0.1) is 33.6 Å². The third-order valence-corrected chi connectivity index (χ3v) is 9.55. The van der Waals surface area contributed by atoms with Crippen LogP contribution in [0, 0.1) is 29.9 Å². The minimum atomic E-state index is -1.75. The topological polar surface area (TPSA) is 164 Å². The van der Waals surface area contributed by atoms with Crippen molar-refractivity contribution in [2.24, 2.45) is 21.0 Å². The van der Waals surface area contributed by atoms with Gasteiger partial charge in [0.1, 0.15) is 35.8 Å². The maximum absolute atomic E-state index is 16.6. The minimum Gasteiger partial charge on any atom is -0.463 e. The lowest BCUT2D eigenvalue weighted by Gasteiger charge is -2.14. The van der Waals surface area contributed by atoms with Gasteiger partial charge in [0.15, 0.2) is 22.6 Å². The molecule has 4 N–H and O–H groups in total. The average Bonchev–Trinajstić information content (AvgIpc) is 4.07. The van der Waals surface area contributed by atoms with Gasteiger partial charge in [-0.1, -0.05) is 36.3 Å². The van der Waals surface area contributed by atoms with E-state index < -0.39 is 28.5 Å². The predicted molar refractivity (Wildman–Crippen MR) is 195 cm³/mol. The Morgan fingerprint density at radius 2 is 1.96 bits per heavy atom. The molecule has 0 bridgehead atoms. The summed E-state index contributed by atoms with van der Waals surface area (Å²) in [7, 11) is -1.75. The highest BCUT2D eigenvalue weighted by Gasteiger charge is 2.35. The van der Waals surface area contributed by atoms with Crippen LogP contribution in [0.3, 0.4) is 0 Å². The fraction of sp³-hybridized carbons (Fsp3) is 0.135. The maximum Gasteiger partial charge on any atom is 0.319 e. The van der Waals surface area contributed by atoms with Crippen molar-refractivity contribution in [3.8, 4) is 29.6 Å². The number of hydrogen-bond donors (Lipinski definition) is 3. The van der Waals surface area contributed by atoms with E-state index in [1.165, 1.54) is 18.6 Å². The Morgan fingerprint density at radius 3 is 2.75 bits per heavy atom. The molecule has 1 atom stereocenters. The van der Waals surface area contributed by atoms with Gasteiger partial charge in [-0.05, 0) is 42.5 Å². The van der Waals surface area contributed by atoms with Gasteiger partial charge < -0.3 is 20.8 Å². The van der Waals surface area contributed by atoms with Crippen LogP contribution in [0.2, 0.25) is 0 Å². The fourth-order valence-electron chi connectivity index (χ4n) is 5.85. The van der Waals surface area contributed by atoms with Crippen molar-refractivity contribution in [3.05, 3.63) is 90.4 Å². The van der Waals surface area contributed by atoms with Gasteiger partial charge in [0.2, 0.25) is 5.91 Å². The molecule has 0 saturated heterocycles. The number of aromatic nitrogens is 4. The van der Waals surface area contributed by atoms with Crippen molar-refractivity contribution in [1.82, 2.24) is 19.9 Å². The highest BCUT2D eigenvalue weighted by molar-refractivity contribution is 7.83.